The molecule has 0 spiro atoms. The van der Waals surface area contributed by atoms with E-state index >= 15 is 0 Å². The fourth-order valence-electron chi connectivity index (χ4n) is 1.70. The van der Waals surface area contributed by atoms with E-state index in [2.05, 4.69) is 23.7 Å². The number of carboxylic acid groups (broad SMARTS) is 1. The van der Waals surface area contributed by atoms with E-state index in [1.54, 1.807) is 5.38 Å². The predicted molar refractivity (Wildman–Crippen MR) is 69.5 cm³/mol. The molecule has 0 aromatic carbocycles. The van der Waals surface area contributed by atoms with Gasteiger partial charge in [0.05, 0.1) is 5.69 Å². The Bertz CT molecular complexity index is 377. The molecule has 0 bridgehead atoms. The van der Waals surface area contributed by atoms with Gasteiger partial charge in [0.2, 0.25) is 0 Å². The number of anilines is 1. The van der Waals surface area contributed by atoms with Gasteiger partial charge >= 0.3 is 5.97 Å². The first-order chi connectivity index (χ1) is 8.01. The summed E-state index contributed by atoms with van der Waals surface area (Å²) in [5.74, 6) is -1.05. The zero-order valence-electron chi connectivity index (χ0n) is 10.4. The Balaban J connectivity index is 2.83. The normalized spacial score (nSPS) is 12.8. The van der Waals surface area contributed by atoms with Crippen LogP contribution in [0, 0.1) is 0 Å². The van der Waals surface area contributed by atoms with Crippen LogP contribution in [0.1, 0.15) is 38.4 Å². The molecule has 0 aliphatic heterocycles. The zero-order valence-corrected chi connectivity index (χ0v) is 11.2. The molecular weight excluding hydrogens is 238 g/mol. The molecule has 96 valence electrons. The Morgan fingerprint density at radius 3 is 2.65 bits per heavy atom. The maximum Gasteiger partial charge on any atom is 0.326 e. The van der Waals surface area contributed by atoms with Gasteiger partial charge in [0.25, 0.3) is 0 Å². The van der Waals surface area contributed by atoms with Gasteiger partial charge < -0.3 is 15.7 Å². The first-order valence-electron chi connectivity index (χ1n) is 5.67. The van der Waals surface area contributed by atoms with Crippen LogP contribution < -0.4 is 10.6 Å². The van der Waals surface area contributed by atoms with E-state index in [0.29, 0.717) is 11.7 Å². The lowest BCUT2D eigenvalue weighted by Gasteiger charge is -2.25. The zero-order chi connectivity index (χ0) is 13.0. The minimum atomic E-state index is -1.05. The molecule has 0 fully saturated rings. The number of carbonyl (C=O) groups is 1. The molecule has 1 heterocycles. The molecule has 0 radical (unpaired) electrons. The van der Waals surface area contributed by atoms with Crippen LogP contribution >= 0.6 is 11.3 Å². The minimum Gasteiger partial charge on any atom is -0.480 e. The molecule has 3 N–H and O–H groups in total. The van der Waals surface area contributed by atoms with Gasteiger partial charge in [0, 0.05) is 18.5 Å². The topological polar surface area (TPSA) is 79.5 Å². The maximum atomic E-state index is 10.8. The monoisotopic (exact) mass is 257 g/mol. The lowest BCUT2D eigenvalue weighted by atomic mass is 10.1. The second kappa shape index (κ2) is 5.97. The second-order valence-electron chi connectivity index (χ2n) is 3.95. The van der Waals surface area contributed by atoms with Crippen molar-refractivity contribution in [2.24, 2.45) is 5.73 Å². The Hall–Kier alpha value is -1.14. The van der Waals surface area contributed by atoms with Gasteiger partial charge in [0.15, 0.2) is 5.13 Å². The van der Waals surface area contributed by atoms with Gasteiger partial charge in [-0.2, -0.15) is 0 Å². The number of nitrogens with zero attached hydrogens (tertiary/aromatic N) is 2. The molecule has 1 atom stereocenters. The van der Waals surface area contributed by atoms with E-state index in [4.69, 9.17) is 10.8 Å². The Morgan fingerprint density at radius 1 is 1.59 bits per heavy atom. The molecule has 0 saturated carbocycles. The van der Waals surface area contributed by atoms with Crippen LogP contribution in [0.5, 0.6) is 0 Å². The smallest absolute Gasteiger partial charge is 0.326 e. The number of aliphatic carboxylic acids is 1. The summed E-state index contributed by atoms with van der Waals surface area (Å²) in [5, 5.41) is 11.4. The lowest BCUT2D eigenvalue weighted by molar-refractivity contribution is -0.138. The van der Waals surface area contributed by atoms with Crippen LogP contribution in [0.15, 0.2) is 5.38 Å². The molecule has 1 unspecified atom stereocenters. The molecular formula is C11H19N3O2S. The van der Waals surface area contributed by atoms with Crippen molar-refractivity contribution in [2.45, 2.75) is 38.8 Å². The van der Waals surface area contributed by atoms with Crippen molar-refractivity contribution in [2.75, 3.05) is 11.9 Å². The van der Waals surface area contributed by atoms with E-state index < -0.39 is 12.0 Å². The fourth-order valence-corrected chi connectivity index (χ4v) is 2.60. The van der Waals surface area contributed by atoms with Crippen molar-refractivity contribution in [1.82, 2.24) is 4.98 Å². The summed E-state index contributed by atoms with van der Waals surface area (Å²) in [4.78, 5) is 17.1. The van der Waals surface area contributed by atoms with E-state index in [9.17, 15) is 4.79 Å². The number of hydrogen-bond donors (Lipinski definition) is 2. The van der Waals surface area contributed by atoms with Crippen LogP contribution in [0.3, 0.4) is 0 Å². The highest BCUT2D eigenvalue weighted by molar-refractivity contribution is 7.13. The second-order valence-corrected chi connectivity index (χ2v) is 4.79. The Morgan fingerprint density at radius 2 is 2.18 bits per heavy atom. The summed E-state index contributed by atoms with van der Waals surface area (Å²) in [5.41, 5.74) is 5.94. The third-order valence-corrected chi connectivity index (χ3v) is 3.84. The first-order valence-corrected chi connectivity index (χ1v) is 6.55. The average molecular weight is 257 g/mol. The van der Waals surface area contributed by atoms with Gasteiger partial charge in [-0.1, -0.05) is 13.8 Å². The standard InChI is InChI=1S/C11H19N3O2S/c1-4-7(5-2)14(3)11-13-8(6-17-11)9(12)10(15)16/h6-7,9H,4-5,12H2,1-3H3,(H,15,16). The number of carboxylic acids is 1. The Labute approximate surface area is 105 Å². The summed E-state index contributed by atoms with van der Waals surface area (Å²) in [7, 11) is 1.98. The number of rotatable bonds is 6. The SMILES string of the molecule is CCC(CC)N(C)c1nc(C(N)C(=O)O)cs1. The largest absolute Gasteiger partial charge is 0.480 e. The molecule has 0 saturated heterocycles. The van der Waals surface area contributed by atoms with Gasteiger partial charge in [-0.15, -0.1) is 11.3 Å². The van der Waals surface area contributed by atoms with Gasteiger partial charge in [-0.05, 0) is 12.8 Å². The summed E-state index contributed by atoms with van der Waals surface area (Å²) < 4.78 is 0. The molecule has 0 aliphatic rings. The van der Waals surface area contributed by atoms with Crippen molar-refractivity contribution in [1.29, 1.82) is 0 Å². The summed E-state index contributed by atoms with van der Waals surface area (Å²) in [6.45, 7) is 4.25. The van der Waals surface area contributed by atoms with Crippen LogP contribution in [-0.4, -0.2) is 29.1 Å². The third-order valence-electron chi connectivity index (χ3n) is 2.89. The molecule has 0 aliphatic carbocycles. The van der Waals surface area contributed by atoms with Crippen LogP contribution in [0.4, 0.5) is 5.13 Å². The number of hydrogen-bond acceptors (Lipinski definition) is 5. The van der Waals surface area contributed by atoms with Crippen molar-refractivity contribution in [3.63, 3.8) is 0 Å². The van der Waals surface area contributed by atoms with Crippen LogP contribution in [-0.2, 0) is 4.79 Å². The van der Waals surface area contributed by atoms with E-state index in [1.807, 2.05) is 7.05 Å². The van der Waals surface area contributed by atoms with Gasteiger partial charge in [0.1, 0.15) is 6.04 Å². The van der Waals surface area contributed by atoms with Gasteiger partial charge in [-0.3, -0.25) is 4.79 Å². The quantitative estimate of drug-likeness (QED) is 0.813. The predicted octanol–water partition coefficient (Wildman–Crippen LogP) is 1.85. The average Bonchev–Trinajstić information content (AvgIpc) is 2.78. The summed E-state index contributed by atoms with van der Waals surface area (Å²) in [6, 6.07) is -0.606. The minimum absolute atomic E-state index is 0.426. The number of aromatic nitrogens is 1. The van der Waals surface area contributed by atoms with Gasteiger partial charge in [-0.25, -0.2) is 4.98 Å². The molecule has 6 heteroatoms. The van der Waals surface area contributed by atoms with E-state index in [0.717, 1.165) is 18.0 Å². The molecule has 0 amide bonds. The number of nitrogens with two attached hydrogens (primary N) is 1. The summed E-state index contributed by atoms with van der Waals surface area (Å²) in [6.07, 6.45) is 2.07. The van der Waals surface area contributed by atoms with Crippen molar-refractivity contribution >= 4 is 22.4 Å². The molecule has 1 aromatic rings. The highest BCUT2D eigenvalue weighted by Crippen LogP contribution is 2.25. The number of thiazole rings is 1. The van der Waals surface area contributed by atoms with E-state index in [-0.39, 0.29) is 0 Å². The first kappa shape index (κ1) is 13.9. The van der Waals surface area contributed by atoms with Crippen molar-refractivity contribution in [3.8, 4) is 0 Å². The van der Waals surface area contributed by atoms with Crippen LogP contribution in [0.25, 0.3) is 0 Å². The third kappa shape index (κ3) is 3.17. The van der Waals surface area contributed by atoms with Crippen molar-refractivity contribution in [3.05, 3.63) is 11.1 Å². The highest BCUT2D eigenvalue weighted by Gasteiger charge is 2.20. The van der Waals surface area contributed by atoms with Crippen LogP contribution in [0.2, 0.25) is 0 Å². The molecule has 17 heavy (non-hydrogen) atoms. The molecule has 5 nitrogen and oxygen atoms in total. The highest BCUT2D eigenvalue weighted by atomic mass is 32.1. The van der Waals surface area contributed by atoms with E-state index in [1.165, 1.54) is 11.3 Å². The molecule has 1 rings (SSSR count). The van der Waals surface area contributed by atoms with Crippen molar-refractivity contribution < 1.29 is 9.90 Å². The maximum absolute atomic E-state index is 10.8. The lowest BCUT2D eigenvalue weighted by Crippen LogP contribution is -2.30. The Kier molecular flexibility index (Phi) is 4.89. The molecule has 1 aromatic heterocycles. The summed E-state index contributed by atoms with van der Waals surface area (Å²) >= 11 is 1.43. The fraction of sp³-hybridized carbons (Fsp3) is 0.636.